The number of hydrogen-bond donors (Lipinski definition) is 1. The first-order valence-corrected chi connectivity index (χ1v) is 11.4. The fourth-order valence-corrected chi connectivity index (χ4v) is 4.57. The molecule has 1 unspecified atom stereocenters. The van der Waals surface area contributed by atoms with Crippen molar-refractivity contribution in [2.24, 2.45) is 0 Å². The number of aromatic nitrogens is 1. The quantitative estimate of drug-likeness (QED) is 0.456. The lowest BCUT2D eigenvalue weighted by Gasteiger charge is -2.40. The van der Waals surface area contributed by atoms with Gasteiger partial charge in [-0.2, -0.15) is 0 Å². The fourth-order valence-electron chi connectivity index (χ4n) is 4.00. The maximum atomic E-state index is 14.4. The van der Waals surface area contributed by atoms with Gasteiger partial charge in [-0.15, -0.1) is 0 Å². The van der Waals surface area contributed by atoms with E-state index in [1.54, 1.807) is 18.2 Å². The van der Waals surface area contributed by atoms with Gasteiger partial charge in [0.15, 0.2) is 5.82 Å². The van der Waals surface area contributed by atoms with E-state index in [0.29, 0.717) is 26.7 Å². The molecule has 0 radical (unpaired) electrons. The maximum Gasteiger partial charge on any atom is 0.163 e. The average molecular weight is 492 g/mol. The summed E-state index contributed by atoms with van der Waals surface area (Å²) < 4.78 is 14.8. The van der Waals surface area contributed by atoms with Crippen LogP contribution in [0.3, 0.4) is 0 Å². The van der Waals surface area contributed by atoms with Gasteiger partial charge in [0.1, 0.15) is 11.3 Å². The third-order valence-electron chi connectivity index (χ3n) is 5.63. The lowest BCUT2D eigenvalue weighted by atomic mass is 10.0. The molecule has 0 aliphatic carbocycles. The van der Waals surface area contributed by atoms with Gasteiger partial charge in [0.25, 0.3) is 0 Å². The van der Waals surface area contributed by atoms with Gasteiger partial charge >= 0.3 is 0 Å². The molecule has 2 aromatic carbocycles. The predicted octanol–water partition coefficient (Wildman–Crippen LogP) is 5.58. The van der Waals surface area contributed by atoms with E-state index in [1.807, 2.05) is 0 Å². The number of rotatable bonds is 6. The molecular weight excluding hydrogens is 467 g/mol. The Kier molecular flexibility index (Phi) is 6.88. The number of piperazine rings is 1. The number of nitrogens with one attached hydrogen (secondary N) is 1. The van der Waals surface area contributed by atoms with E-state index in [4.69, 9.17) is 11.6 Å². The highest BCUT2D eigenvalue weighted by atomic mass is 79.9. The molecule has 3 aromatic rings. The van der Waals surface area contributed by atoms with Crippen LogP contribution in [0.15, 0.2) is 53.0 Å². The normalized spacial score (nSPS) is 18.1. The molecular formula is C23H25BrClFN4. The Hall–Kier alpha value is -1.73. The summed E-state index contributed by atoms with van der Waals surface area (Å²) in [4.78, 5) is 9.37. The van der Waals surface area contributed by atoms with Crippen LogP contribution in [-0.2, 0) is 0 Å². The van der Waals surface area contributed by atoms with Crippen molar-refractivity contribution in [1.29, 1.82) is 0 Å². The van der Waals surface area contributed by atoms with E-state index in [-0.39, 0.29) is 11.3 Å². The second-order valence-corrected chi connectivity index (χ2v) is 9.01. The van der Waals surface area contributed by atoms with Gasteiger partial charge in [-0.25, -0.2) is 9.37 Å². The SMILES string of the molecule is CN1CCN(CCCNc2cc(Cl)c3ccc(Br)c(F)c3n2)C(c2ccccc2)C1. The summed E-state index contributed by atoms with van der Waals surface area (Å²) >= 11 is 9.56. The van der Waals surface area contributed by atoms with Crippen LogP contribution in [0.25, 0.3) is 10.9 Å². The lowest BCUT2D eigenvalue weighted by Crippen LogP contribution is -2.47. The Morgan fingerprint density at radius 1 is 1.20 bits per heavy atom. The molecule has 30 heavy (non-hydrogen) atoms. The molecule has 1 fully saturated rings. The average Bonchev–Trinajstić information content (AvgIpc) is 2.75. The topological polar surface area (TPSA) is 31.4 Å². The first-order valence-electron chi connectivity index (χ1n) is 10.2. The van der Waals surface area contributed by atoms with Crippen molar-refractivity contribution in [2.75, 3.05) is 45.1 Å². The summed E-state index contributed by atoms with van der Waals surface area (Å²) in [5.41, 5.74) is 1.64. The molecule has 0 bridgehead atoms. The second-order valence-electron chi connectivity index (χ2n) is 7.75. The van der Waals surface area contributed by atoms with Crippen molar-refractivity contribution in [3.63, 3.8) is 0 Å². The van der Waals surface area contributed by atoms with Crippen molar-refractivity contribution in [3.05, 3.63) is 69.4 Å². The van der Waals surface area contributed by atoms with E-state index in [1.165, 1.54) is 5.56 Å². The molecule has 4 nitrogen and oxygen atoms in total. The number of benzene rings is 2. The highest BCUT2D eigenvalue weighted by molar-refractivity contribution is 9.10. The third kappa shape index (κ3) is 4.78. The van der Waals surface area contributed by atoms with E-state index < -0.39 is 0 Å². The van der Waals surface area contributed by atoms with Crippen LogP contribution in [0.4, 0.5) is 10.2 Å². The first kappa shape index (κ1) is 21.5. The maximum absolute atomic E-state index is 14.4. The van der Waals surface area contributed by atoms with E-state index in [9.17, 15) is 4.39 Å². The summed E-state index contributed by atoms with van der Waals surface area (Å²) in [5, 5.41) is 4.43. The molecule has 7 heteroatoms. The monoisotopic (exact) mass is 490 g/mol. The number of nitrogens with zero attached hydrogens (tertiary/aromatic N) is 3. The molecule has 1 N–H and O–H groups in total. The zero-order valence-corrected chi connectivity index (χ0v) is 19.3. The molecule has 1 atom stereocenters. The van der Waals surface area contributed by atoms with Gasteiger partial charge in [0.2, 0.25) is 0 Å². The van der Waals surface area contributed by atoms with Gasteiger partial charge in [-0.3, -0.25) is 4.90 Å². The molecule has 158 valence electrons. The van der Waals surface area contributed by atoms with Crippen molar-refractivity contribution in [3.8, 4) is 0 Å². The number of fused-ring (bicyclic) bond motifs is 1. The summed E-state index contributed by atoms with van der Waals surface area (Å²) in [7, 11) is 2.18. The van der Waals surface area contributed by atoms with Crippen LogP contribution >= 0.6 is 27.5 Å². The standard InChI is InChI=1S/C23H25BrClFN4/c1-29-12-13-30(20(15-29)16-6-3-2-4-7-16)11-5-10-27-21-14-19(25)17-8-9-18(24)22(26)23(17)28-21/h2-4,6-9,14,20H,5,10-13,15H2,1H3,(H,27,28). The Labute approximate surface area is 190 Å². The minimum Gasteiger partial charge on any atom is -0.370 e. The van der Waals surface area contributed by atoms with Crippen molar-refractivity contribution >= 4 is 44.3 Å². The number of anilines is 1. The van der Waals surface area contributed by atoms with Gasteiger partial charge in [-0.05, 0) is 53.2 Å². The van der Waals surface area contributed by atoms with Crippen LogP contribution in [0.5, 0.6) is 0 Å². The zero-order valence-electron chi connectivity index (χ0n) is 16.9. The van der Waals surface area contributed by atoms with Crippen molar-refractivity contribution in [2.45, 2.75) is 12.5 Å². The fraction of sp³-hybridized carbons (Fsp3) is 0.348. The second kappa shape index (κ2) is 9.60. The van der Waals surface area contributed by atoms with Crippen LogP contribution in [-0.4, -0.2) is 54.6 Å². The number of likely N-dealkylation sites (N-methyl/N-ethyl adjacent to an activating group) is 1. The molecule has 4 rings (SSSR count). The van der Waals surface area contributed by atoms with Crippen molar-refractivity contribution < 1.29 is 4.39 Å². The molecule has 1 aliphatic heterocycles. The number of hydrogen-bond acceptors (Lipinski definition) is 4. The Bertz CT molecular complexity index is 1020. The minimum absolute atomic E-state index is 0.280. The molecule has 0 amide bonds. The highest BCUT2D eigenvalue weighted by Crippen LogP contribution is 2.30. The molecule has 0 saturated carbocycles. The van der Waals surface area contributed by atoms with Gasteiger partial charge in [0.05, 0.1) is 9.50 Å². The highest BCUT2D eigenvalue weighted by Gasteiger charge is 2.25. The van der Waals surface area contributed by atoms with E-state index >= 15 is 0 Å². The lowest BCUT2D eigenvalue weighted by molar-refractivity contribution is 0.0896. The number of pyridine rings is 1. The summed E-state index contributed by atoms with van der Waals surface area (Å²) in [6.45, 7) is 4.90. The Morgan fingerprint density at radius 2 is 2.00 bits per heavy atom. The van der Waals surface area contributed by atoms with Gasteiger partial charge in [-0.1, -0.05) is 41.9 Å². The van der Waals surface area contributed by atoms with E-state index in [0.717, 1.165) is 39.1 Å². The molecule has 1 aliphatic rings. The molecule has 1 saturated heterocycles. The molecule has 2 heterocycles. The predicted molar refractivity (Wildman–Crippen MR) is 126 cm³/mol. The Morgan fingerprint density at radius 3 is 2.80 bits per heavy atom. The third-order valence-corrected chi connectivity index (χ3v) is 6.55. The first-order chi connectivity index (χ1) is 14.5. The van der Waals surface area contributed by atoms with Crippen molar-refractivity contribution in [1.82, 2.24) is 14.8 Å². The zero-order chi connectivity index (χ0) is 21.1. The van der Waals surface area contributed by atoms with E-state index in [2.05, 4.69) is 73.4 Å². The van der Waals surface area contributed by atoms with Crippen LogP contribution in [0.2, 0.25) is 5.02 Å². The van der Waals surface area contributed by atoms with Crippen LogP contribution in [0, 0.1) is 5.82 Å². The van der Waals surface area contributed by atoms with Crippen LogP contribution < -0.4 is 5.32 Å². The smallest absolute Gasteiger partial charge is 0.163 e. The Balaban J connectivity index is 1.39. The van der Waals surface area contributed by atoms with Gasteiger partial charge in [0, 0.05) is 44.2 Å². The summed E-state index contributed by atoms with van der Waals surface area (Å²) in [5.74, 6) is 0.212. The summed E-state index contributed by atoms with van der Waals surface area (Å²) in [6, 6.07) is 16.3. The van der Waals surface area contributed by atoms with Gasteiger partial charge < -0.3 is 10.2 Å². The largest absolute Gasteiger partial charge is 0.370 e. The number of halogens is 3. The molecule has 1 aromatic heterocycles. The summed E-state index contributed by atoms with van der Waals surface area (Å²) in [6.07, 6.45) is 0.964. The minimum atomic E-state index is -0.388. The molecule has 0 spiro atoms. The van der Waals surface area contributed by atoms with Crippen LogP contribution in [0.1, 0.15) is 18.0 Å².